The second-order valence-corrected chi connectivity index (χ2v) is 5.70. The number of rotatable bonds is 6. The molecule has 106 valence electrons. The maximum atomic E-state index is 10.8. The first-order valence-corrected chi connectivity index (χ1v) is 7.07. The zero-order valence-electron chi connectivity index (χ0n) is 11.4. The van der Waals surface area contributed by atoms with E-state index >= 15 is 0 Å². The second kappa shape index (κ2) is 7.53. The lowest BCUT2D eigenvalue weighted by atomic mass is 10.0. The largest absolute Gasteiger partial charge is 0.497 e. The quantitative estimate of drug-likeness (QED) is 0.837. The number of benzene rings is 1. The van der Waals surface area contributed by atoms with Crippen LogP contribution in [0.15, 0.2) is 18.2 Å². The molecule has 0 radical (unpaired) electrons. The second-order valence-electron chi connectivity index (χ2n) is 4.42. The van der Waals surface area contributed by atoms with Gasteiger partial charge in [-0.05, 0) is 36.6 Å². The highest BCUT2D eigenvalue weighted by atomic mass is 32.2. The van der Waals surface area contributed by atoms with Gasteiger partial charge in [-0.1, -0.05) is 17.8 Å². The molecule has 0 saturated heterocycles. The molecule has 0 spiro atoms. The van der Waals surface area contributed by atoms with Crippen molar-refractivity contribution in [2.45, 2.75) is 32.5 Å². The topological polar surface area (TPSA) is 66.8 Å². The van der Waals surface area contributed by atoms with E-state index in [2.05, 4.69) is 0 Å². The molecule has 0 bridgehead atoms. The Morgan fingerprint density at radius 1 is 1.37 bits per heavy atom. The van der Waals surface area contributed by atoms with E-state index in [9.17, 15) is 15.0 Å². The lowest BCUT2D eigenvalue weighted by Gasteiger charge is -2.19. The fourth-order valence-corrected chi connectivity index (χ4v) is 2.42. The summed E-state index contributed by atoms with van der Waals surface area (Å²) in [6.07, 6.45) is -1.50. The van der Waals surface area contributed by atoms with Crippen LogP contribution in [0.3, 0.4) is 0 Å². The molecule has 19 heavy (non-hydrogen) atoms. The Bertz CT molecular complexity index is 433. The third kappa shape index (κ3) is 5.22. The Balaban J connectivity index is 2.67. The SMILES string of the molecule is COc1cc(C)cc(C(O)C(O)CCSC(C)=O)c1. The number of thioether (sulfide) groups is 1. The Kier molecular flexibility index (Phi) is 6.34. The molecule has 4 nitrogen and oxygen atoms in total. The molecule has 2 atom stereocenters. The van der Waals surface area contributed by atoms with Crippen LogP contribution >= 0.6 is 11.8 Å². The molecule has 2 N–H and O–H groups in total. The lowest BCUT2D eigenvalue weighted by Crippen LogP contribution is -2.19. The van der Waals surface area contributed by atoms with E-state index in [4.69, 9.17) is 4.74 Å². The minimum absolute atomic E-state index is 0.0129. The van der Waals surface area contributed by atoms with Gasteiger partial charge in [0.1, 0.15) is 11.9 Å². The smallest absolute Gasteiger partial charge is 0.185 e. The van der Waals surface area contributed by atoms with Crippen LogP contribution in [-0.4, -0.2) is 34.3 Å². The summed E-state index contributed by atoms with van der Waals surface area (Å²) in [7, 11) is 1.56. The van der Waals surface area contributed by atoms with Crippen LogP contribution in [0.4, 0.5) is 0 Å². The molecule has 1 rings (SSSR count). The maximum absolute atomic E-state index is 10.8. The van der Waals surface area contributed by atoms with Crippen LogP contribution < -0.4 is 4.74 Å². The van der Waals surface area contributed by atoms with Gasteiger partial charge >= 0.3 is 0 Å². The van der Waals surface area contributed by atoms with Gasteiger partial charge in [-0.25, -0.2) is 0 Å². The van der Waals surface area contributed by atoms with Crippen molar-refractivity contribution in [3.8, 4) is 5.75 Å². The number of aliphatic hydroxyl groups is 2. The third-order valence-corrected chi connectivity index (χ3v) is 3.58. The number of ether oxygens (including phenoxy) is 1. The van der Waals surface area contributed by atoms with E-state index in [-0.39, 0.29) is 5.12 Å². The van der Waals surface area contributed by atoms with Gasteiger partial charge in [-0.3, -0.25) is 4.79 Å². The number of aliphatic hydroxyl groups excluding tert-OH is 2. The summed E-state index contributed by atoms with van der Waals surface area (Å²) >= 11 is 1.15. The van der Waals surface area contributed by atoms with Crippen molar-refractivity contribution in [3.05, 3.63) is 29.3 Å². The van der Waals surface area contributed by atoms with Gasteiger partial charge in [0.2, 0.25) is 0 Å². The van der Waals surface area contributed by atoms with Crippen molar-refractivity contribution in [3.63, 3.8) is 0 Å². The minimum atomic E-state index is -0.971. The van der Waals surface area contributed by atoms with Crippen molar-refractivity contribution in [1.82, 2.24) is 0 Å². The third-order valence-electron chi connectivity index (χ3n) is 2.73. The summed E-state index contributed by atoms with van der Waals surface area (Å²) in [5, 5.41) is 20.0. The minimum Gasteiger partial charge on any atom is -0.497 e. The maximum Gasteiger partial charge on any atom is 0.185 e. The first-order chi connectivity index (χ1) is 8.93. The number of methoxy groups -OCH3 is 1. The molecule has 0 aliphatic rings. The average Bonchev–Trinajstić information content (AvgIpc) is 2.36. The summed E-state index contributed by atoms with van der Waals surface area (Å²) < 4.78 is 5.14. The van der Waals surface area contributed by atoms with E-state index in [0.717, 1.165) is 17.3 Å². The van der Waals surface area contributed by atoms with Gasteiger partial charge in [0, 0.05) is 12.7 Å². The van der Waals surface area contributed by atoms with Gasteiger partial charge in [0.05, 0.1) is 13.2 Å². The number of aryl methyl sites for hydroxylation is 1. The molecule has 0 aliphatic heterocycles. The molecule has 0 saturated carbocycles. The molecule has 1 aromatic carbocycles. The molecule has 0 aromatic heterocycles. The number of carbonyl (C=O) groups is 1. The first kappa shape index (κ1) is 16.0. The highest BCUT2D eigenvalue weighted by molar-refractivity contribution is 8.13. The zero-order chi connectivity index (χ0) is 14.4. The van der Waals surface area contributed by atoms with Crippen LogP contribution in [-0.2, 0) is 4.79 Å². The van der Waals surface area contributed by atoms with E-state index in [1.54, 1.807) is 13.2 Å². The molecule has 2 unspecified atom stereocenters. The Morgan fingerprint density at radius 2 is 2.05 bits per heavy atom. The molecule has 1 aromatic rings. The van der Waals surface area contributed by atoms with Gasteiger partial charge in [-0.15, -0.1) is 0 Å². The number of hydrogen-bond acceptors (Lipinski definition) is 5. The van der Waals surface area contributed by atoms with Crippen LogP contribution in [0.1, 0.15) is 30.6 Å². The summed E-state index contributed by atoms with van der Waals surface area (Å²) in [6.45, 7) is 3.38. The summed E-state index contributed by atoms with van der Waals surface area (Å²) in [5.74, 6) is 1.15. The highest BCUT2D eigenvalue weighted by Crippen LogP contribution is 2.25. The van der Waals surface area contributed by atoms with Crippen LogP contribution in [0.2, 0.25) is 0 Å². The molecular weight excluding hydrogens is 264 g/mol. The van der Waals surface area contributed by atoms with E-state index in [1.165, 1.54) is 6.92 Å². The molecule has 0 amide bonds. The van der Waals surface area contributed by atoms with Crippen molar-refractivity contribution in [2.24, 2.45) is 0 Å². The summed E-state index contributed by atoms with van der Waals surface area (Å²) in [6, 6.07) is 5.38. The predicted octanol–water partition coefficient (Wildman–Crippen LogP) is 2.07. The number of hydrogen-bond donors (Lipinski definition) is 2. The first-order valence-electron chi connectivity index (χ1n) is 6.09. The van der Waals surface area contributed by atoms with E-state index in [0.29, 0.717) is 23.5 Å². The van der Waals surface area contributed by atoms with Gasteiger partial charge in [-0.2, -0.15) is 0 Å². The van der Waals surface area contributed by atoms with Gasteiger partial charge in [0.15, 0.2) is 5.12 Å². The van der Waals surface area contributed by atoms with Crippen LogP contribution in [0.25, 0.3) is 0 Å². The molecule has 0 heterocycles. The molecule has 5 heteroatoms. The molecule has 0 aliphatic carbocycles. The monoisotopic (exact) mass is 284 g/mol. The van der Waals surface area contributed by atoms with Crippen molar-refractivity contribution in [2.75, 3.05) is 12.9 Å². The Hall–Kier alpha value is -1.04. The van der Waals surface area contributed by atoms with Crippen molar-refractivity contribution >= 4 is 16.9 Å². The summed E-state index contributed by atoms with van der Waals surface area (Å²) in [5.41, 5.74) is 1.58. The van der Waals surface area contributed by atoms with Crippen LogP contribution in [0.5, 0.6) is 5.75 Å². The van der Waals surface area contributed by atoms with Gasteiger partial charge < -0.3 is 14.9 Å². The Morgan fingerprint density at radius 3 is 2.63 bits per heavy atom. The van der Waals surface area contributed by atoms with Crippen molar-refractivity contribution < 1.29 is 19.7 Å². The average molecular weight is 284 g/mol. The fourth-order valence-electron chi connectivity index (χ4n) is 1.77. The molecule has 0 fully saturated rings. The lowest BCUT2D eigenvalue weighted by molar-refractivity contribution is -0.109. The highest BCUT2D eigenvalue weighted by Gasteiger charge is 2.19. The number of carbonyl (C=O) groups excluding carboxylic acids is 1. The van der Waals surface area contributed by atoms with E-state index in [1.807, 2.05) is 19.1 Å². The summed E-state index contributed by atoms with van der Waals surface area (Å²) in [4.78, 5) is 10.8. The van der Waals surface area contributed by atoms with E-state index < -0.39 is 12.2 Å². The van der Waals surface area contributed by atoms with Crippen molar-refractivity contribution in [1.29, 1.82) is 0 Å². The van der Waals surface area contributed by atoms with Crippen LogP contribution in [0, 0.1) is 6.92 Å². The normalized spacial score (nSPS) is 13.9. The fraction of sp³-hybridized carbons (Fsp3) is 0.500. The molecular formula is C14H20O4S. The predicted molar refractivity (Wildman–Crippen MR) is 76.5 cm³/mol. The standard InChI is InChI=1S/C14H20O4S/c1-9-6-11(8-12(7-9)18-3)14(17)13(16)4-5-19-10(2)15/h6-8,13-14,16-17H,4-5H2,1-3H3. The Labute approximate surface area is 117 Å². The van der Waals surface area contributed by atoms with Gasteiger partial charge in [0.25, 0.3) is 0 Å². The zero-order valence-corrected chi connectivity index (χ0v) is 12.2.